The number of amides is 2. The van der Waals surface area contributed by atoms with E-state index in [4.69, 9.17) is 4.52 Å². The third kappa shape index (κ3) is 7.92. The molecule has 41 heavy (non-hydrogen) atoms. The molecule has 1 aromatic heterocycles. The first-order chi connectivity index (χ1) is 19.6. The van der Waals surface area contributed by atoms with Crippen molar-refractivity contribution in [2.75, 3.05) is 37.0 Å². The van der Waals surface area contributed by atoms with Crippen LogP contribution in [0.15, 0.2) is 69.1 Å². The topological polar surface area (TPSA) is 144 Å². The molecule has 0 bridgehead atoms. The highest BCUT2D eigenvalue weighted by Gasteiger charge is 2.31. The number of aromatic nitrogens is 2. The van der Waals surface area contributed by atoms with E-state index in [1.807, 2.05) is 6.07 Å². The number of benzene rings is 2. The first-order valence-corrected chi connectivity index (χ1v) is 15.6. The zero-order chi connectivity index (χ0) is 29.0. The van der Waals surface area contributed by atoms with Gasteiger partial charge in [0.2, 0.25) is 5.27 Å². The molecule has 0 saturated heterocycles. The number of nitrogens with one attached hydrogen (secondary N) is 2. The van der Waals surface area contributed by atoms with E-state index in [2.05, 4.69) is 39.9 Å². The number of sulfone groups is 1. The molecule has 0 aliphatic heterocycles. The zero-order valence-corrected chi connectivity index (χ0v) is 24.1. The van der Waals surface area contributed by atoms with Crippen LogP contribution in [0.3, 0.4) is 0 Å². The van der Waals surface area contributed by atoms with Crippen molar-refractivity contribution in [3.63, 3.8) is 0 Å². The van der Waals surface area contributed by atoms with Crippen molar-refractivity contribution in [2.24, 2.45) is 10.9 Å². The molecule has 218 valence electrons. The Balaban J connectivity index is 1.22. The number of aliphatic imine (C=N–C) groups is 1. The minimum Gasteiger partial charge on any atom is -0.861 e. The first-order valence-electron chi connectivity index (χ1n) is 13.9. The lowest BCUT2D eigenvalue weighted by molar-refractivity contribution is -0.787. The summed E-state index contributed by atoms with van der Waals surface area (Å²) in [4.78, 5) is 19.1. The lowest BCUT2D eigenvalue weighted by Crippen LogP contribution is -2.43. The van der Waals surface area contributed by atoms with E-state index in [1.54, 1.807) is 41.2 Å². The monoisotopic (exact) mass is 580 g/mol. The van der Waals surface area contributed by atoms with Crippen molar-refractivity contribution in [3.8, 4) is 0 Å². The van der Waals surface area contributed by atoms with Crippen molar-refractivity contribution in [3.05, 3.63) is 60.3 Å². The maximum Gasteiger partial charge on any atom is 0.326 e. The average Bonchev–Trinajstić information content (AvgIpc) is 3.68. The van der Waals surface area contributed by atoms with Crippen molar-refractivity contribution in [1.82, 2.24) is 10.2 Å². The van der Waals surface area contributed by atoms with Crippen LogP contribution in [0.4, 0.5) is 22.1 Å². The number of rotatable bonds is 10. The molecule has 11 nitrogen and oxygen atoms in total. The molecule has 0 atom stereocenters. The summed E-state index contributed by atoms with van der Waals surface area (Å²) in [5.41, 5.74) is 1.67. The lowest BCUT2D eigenvalue weighted by atomic mass is 9.86. The first kappa shape index (κ1) is 28.7. The largest absolute Gasteiger partial charge is 0.861 e. The second kappa shape index (κ2) is 12.4. The molecular weight excluding hydrogens is 544 g/mol. The molecule has 0 radical (unpaired) electrons. The van der Waals surface area contributed by atoms with Crippen LogP contribution in [0.1, 0.15) is 56.0 Å². The number of urea groups is 1. The molecular formula is C29H36N6O5S. The van der Waals surface area contributed by atoms with Crippen LogP contribution in [-0.2, 0) is 9.84 Å². The molecule has 12 heteroatoms. The summed E-state index contributed by atoms with van der Waals surface area (Å²) >= 11 is 0. The Morgan fingerprint density at radius 3 is 2.49 bits per heavy atom. The number of hydrogen-bond donors (Lipinski definition) is 2. The number of anilines is 2. The van der Waals surface area contributed by atoms with E-state index >= 15 is 0 Å². The van der Waals surface area contributed by atoms with Crippen LogP contribution in [0, 0.1) is 5.92 Å². The number of carbonyl (C=O) groups is 1. The van der Waals surface area contributed by atoms with E-state index < -0.39 is 27.5 Å². The Hall–Kier alpha value is -3.77. The highest BCUT2D eigenvalue weighted by molar-refractivity contribution is 7.92. The summed E-state index contributed by atoms with van der Waals surface area (Å²) in [5.74, 6) is -0.292. The van der Waals surface area contributed by atoms with Crippen LogP contribution in [0.2, 0.25) is 0 Å². The van der Waals surface area contributed by atoms with Crippen LogP contribution < -0.4 is 20.4 Å². The van der Waals surface area contributed by atoms with Gasteiger partial charge in [0.25, 0.3) is 6.20 Å². The molecule has 2 fully saturated rings. The Morgan fingerprint density at radius 2 is 1.80 bits per heavy atom. The van der Waals surface area contributed by atoms with E-state index in [0.29, 0.717) is 23.2 Å². The van der Waals surface area contributed by atoms with Gasteiger partial charge in [-0.3, -0.25) is 14.8 Å². The smallest absolute Gasteiger partial charge is 0.326 e. The molecule has 3 aromatic rings. The Morgan fingerprint density at radius 1 is 1.07 bits per heavy atom. The van der Waals surface area contributed by atoms with Gasteiger partial charge in [-0.25, -0.2) is 13.2 Å². The van der Waals surface area contributed by atoms with Crippen molar-refractivity contribution in [2.45, 2.75) is 55.4 Å². The maximum atomic E-state index is 12.8. The molecule has 2 aliphatic carbocycles. The molecule has 2 aromatic carbocycles. The van der Waals surface area contributed by atoms with E-state index in [1.165, 1.54) is 12.1 Å². The average molecular weight is 581 g/mol. The summed E-state index contributed by atoms with van der Waals surface area (Å²) in [6.07, 6.45) is 7.96. The van der Waals surface area contributed by atoms with Crippen molar-refractivity contribution < 1.29 is 27.5 Å². The normalized spacial score (nSPS) is 19.7. The highest BCUT2D eigenvalue weighted by Crippen LogP contribution is 2.42. The summed E-state index contributed by atoms with van der Waals surface area (Å²) < 4.78 is 32.3. The third-order valence-corrected chi connectivity index (χ3v) is 9.07. The number of hydrogen-bond acceptors (Lipinski definition) is 8. The summed E-state index contributed by atoms with van der Waals surface area (Å²) in [6.45, 7) is 1.08. The van der Waals surface area contributed by atoms with Crippen LogP contribution >= 0.6 is 0 Å². The van der Waals surface area contributed by atoms with E-state index in [-0.39, 0.29) is 16.8 Å². The zero-order valence-electron chi connectivity index (χ0n) is 23.3. The fourth-order valence-corrected chi connectivity index (χ4v) is 6.47. The van der Waals surface area contributed by atoms with Crippen LogP contribution in [0.25, 0.3) is 0 Å². The predicted molar refractivity (Wildman–Crippen MR) is 153 cm³/mol. The van der Waals surface area contributed by atoms with Gasteiger partial charge in [0.1, 0.15) is 0 Å². The minimum absolute atomic E-state index is 0.0695. The van der Waals surface area contributed by atoms with Gasteiger partial charge in [0.05, 0.1) is 16.3 Å². The summed E-state index contributed by atoms with van der Waals surface area (Å²) in [6, 6.07) is 12.7. The predicted octanol–water partition coefficient (Wildman–Crippen LogP) is 3.64. The molecule has 5 rings (SSSR count). The Kier molecular flexibility index (Phi) is 8.69. The summed E-state index contributed by atoms with van der Waals surface area (Å²) in [5, 5.41) is 22.2. The molecule has 2 N–H and O–H groups in total. The second-order valence-electron chi connectivity index (χ2n) is 11.2. The SMILES string of the molecule is CN(C)CC1CCC([n+]2cc(NC(=O)Nc3cc(N=C([O-])CS(=O)(=O)c4ccccc4)cc(C4CC4)c3)on2)CC1. The minimum atomic E-state index is -3.81. The molecule has 2 aliphatic rings. The Bertz CT molecular complexity index is 1490. The van der Waals surface area contributed by atoms with Gasteiger partial charge in [0, 0.05) is 25.1 Å². The van der Waals surface area contributed by atoms with Crippen molar-refractivity contribution in [1.29, 1.82) is 0 Å². The van der Waals surface area contributed by atoms with E-state index in [9.17, 15) is 18.3 Å². The standard InChI is InChI=1S/C29H36N6O5S/c1-34(2)17-20-8-12-25(13-9-20)35-18-28(40-33-35)32-29(37)31-24-15-22(21-10-11-21)14-23(16-24)30-27(36)19-41(38,39)26-6-4-3-5-7-26/h3-7,14-16,18,20-21,25H,8-13,17,19H2,1-2H3,(H2-,30,31,32,33,36,37). The quantitative estimate of drug-likeness (QED) is 0.212. The third-order valence-electron chi connectivity index (χ3n) is 7.45. The fourth-order valence-electron chi connectivity index (χ4n) is 5.34. The van der Waals surface area contributed by atoms with Gasteiger partial charge in [-0.1, -0.05) is 18.2 Å². The van der Waals surface area contributed by atoms with Crippen LogP contribution in [0.5, 0.6) is 0 Å². The lowest BCUT2D eigenvalue weighted by Gasteiger charge is -2.26. The van der Waals surface area contributed by atoms with Gasteiger partial charge in [-0.15, -0.1) is 0 Å². The summed E-state index contributed by atoms with van der Waals surface area (Å²) in [7, 11) is 0.377. The number of carbonyl (C=O) groups excluding carboxylic acids is 1. The van der Waals surface area contributed by atoms with Gasteiger partial charge in [-0.05, 0) is 98.1 Å². The molecule has 0 spiro atoms. The van der Waals surface area contributed by atoms with Gasteiger partial charge >= 0.3 is 11.9 Å². The highest BCUT2D eigenvalue weighted by atomic mass is 32.2. The molecule has 0 unspecified atom stereocenters. The van der Waals surface area contributed by atoms with Gasteiger partial charge < -0.3 is 15.3 Å². The van der Waals surface area contributed by atoms with E-state index in [0.717, 1.165) is 50.6 Å². The Labute approximate surface area is 240 Å². The maximum absolute atomic E-state index is 12.8. The van der Waals surface area contributed by atoms with Gasteiger partial charge in [0.15, 0.2) is 15.9 Å². The molecule has 2 amide bonds. The fraction of sp³-hybridized carbons (Fsp3) is 0.448. The molecule has 2 saturated carbocycles. The van der Waals surface area contributed by atoms with Crippen molar-refractivity contribution >= 4 is 39.0 Å². The molecule has 1 heterocycles. The number of nitrogens with zero attached hydrogens (tertiary/aromatic N) is 4. The van der Waals surface area contributed by atoms with Gasteiger partial charge in [-0.2, -0.15) is 0 Å². The van der Waals surface area contributed by atoms with Crippen LogP contribution in [-0.4, -0.2) is 56.9 Å². The second-order valence-corrected chi connectivity index (χ2v) is 13.2.